The Morgan fingerprint density at radius 3 is 2.21 bits per heavy atom. The molecule has 1 N–H and O–H groups in total. The summed E-state index contributed by atoms with van der Waals surface area (Å²) in [5, 5.41) is 2.48. The second-order valence-corrected chi connectivity index (χ2v) is 4.45. The number of hydrogen-bond donors (Lipinski definition) is 1. The first-order valence-electron chi connectivity index (χ1n) is 5.88. The van der Waals surface area contributed by atoms with Gasteiger partial charge in [-0.3, -0.25) is 0 Å². The summed E-state index contributed by atoms with van der Waals surface area (Å²) in [7, 11) is 1.44. The highest BCUT2D eigenvalue weighted by atomic mass is 19.1. The monoisotopic (exact) mass is 265 g/mol. The third-order valence-corrected chi connectivity index (χ3v) is 3.12. The second-order valence-electron chi connectivity index (χ2n) is 4.45. The summed E-state index contributed by atoms with van der Waals surface area (Å²) in [4.78, 5) is 0. The minimum Gasteiger partial charge on any atom is -0.383 e. The molecule has 1 nitrogen and oxygen atoms in total. The molecule has 2 aromatic carbocycles. The standard InChI is InChI=1S/C15H14F3N/c1-8-6-11(9(2)13(17)7-8)10-4-5-12(16)15(19-3)14(10)18/h4-7,19H,1-3H3. The van der Waals surface area contributed by atoms with Crippen molar-refractivity contribution in [2.45, 2.75) is 13.8 Å². The minimum absolute atomic E-state index is 0.186. The molecule has 0 saturated carbocycles. The van der Waals surface area contributed by atoms with Crippen molar-refractivity contribution < 1.29 is 13.2 Å². The van der Waals surface area contributed by atoms with Crippen molar-refractivity contribution in [2.75, 3.05) is 12.4 Å². The van der Waals surface area contributed by atoms with E-state index in [-0.39, 0.29) is 11.3 Å². The van der Waals surface area contributed by atoms with Gasteiger partial charge in [-0.05, 0) is 48.7 Å². The molecule has 0 spiro atoms. The van der Waals surface area contributed by atoms with Crippen molar-refractivity contribution in [2.24, 2.45) is 0 Å². The van der Waals surface area contributed by atoms with E-state index in [1.807, 2.05) is 0 Å². The fourth-order valence-electron chi connectivity index (χ4n) is 2.08. The number of anilines is 1. The quantitative estimate of drug-likeness (QED) is 0.847. The van der Waals surface area contributed by atoms with Crippen LogP contribution in [0.3, 0.4) is 0 Å². The molecule has 0 heterocycles. The summed E-state index contributed by atoms with van der Waals surface area (Å²) in [6.45, 7) is 3.30. The van der Waals surface area contributed by atoms with Crippen LogP contribution in [-0.4, -0.2) is 7.05 Å². The third-order valence-electron chi connectivity index (χ3n) is 3.12. The van der Waals surface area contributed by atoms with E-state index in [1.165, 1.54) is 25.2 Å². The Kier molecular flexibility index (Phi) is 3.51. The molecule has 0 fully saturated rings. The van der Waals surface area contributed by atoms with Crippen LogP contribution in [0.15, 0.2) is 24.3 Å². The lowest BCUT2D eigenvalue weighted by atomic mass is 9.97. The fourth-order valence-corrected chi connectivity index (χ4v) is 2.08. The molecule has 2 rings (SSSR count). The van der Waals surface area contributed by atoms with Crippen molar-refractivity contribution in [1.82, 2.24) is 0 Å². The van der Waals surface area contributed by atoms with Crippen LogP contribution in [0, 0.1) is 31.3 Å². The summed E-state index contributed by atoms with van der Waals surface area (Å²) in [6.07, 6.45) is 0. The van der Waals surface area contributed by atoms with Gasteiger partial charge in [0.15, 0.2) is 5.82 Å². The van der Waals surface area contributed by atoms with Gasteiger partial charge in [0.2, 0.25) is 0 Å². The van der Waals surface area contributed by atoms with Crippen molar-refractivity contribution >= 4 is 5.69 Å². The molecule has 0 aliphatic carbocycles. The lowest BCUT2D eigenvalue weighted by Crippen LogP contribution is -2.00. The molecule has 2 aromatic rings. The van der Waals surface area contributed by atoms with Gasteiger partial charge in [-0.25, -0.2) is 13.2 Å². The number of halogens is 3. The Labute approximate surface area is 110 Å². The van der Waals surface area contributed by atoms with Crippen molar-refractivity contribution in [3.63, 3.8) is 0 Å². The minimum atomic E-state index is -0.712. The Bertz CT molecular complexity index is 636. The number of rotatable bonds is 2. The van der Waals surface area contributed by atoms with Crippen LogP contribution in [-0.2, 0) is 0 Å². The molecular weight excluding hydrogens is 251 g/mol. The van der Waals surface area contributed by atoms with Gasteiger partial charge in [0, 0.05) is 12.6 Å². The van der Waals surface area contributed by atoms with Gasteiger partial charge in [-0.1, -0.05) is 6.07 Å². The zero-order valence-corrected chi connectivity index (χ0v) is 10.9. The Balaban J connectivity index is 2.73. The highest BCUT2D eigenvalue weighted by Crippen LogP contribution is 2.33. The Morgan fingerprint density at radius 2 is 1.58 bits per heavy atom. The smallest absolute Gasteiger partial charge is 0.157 e. The van der Waals surface area contributed by atoms with Gasteiger partial charge in [0.25, 0.3) is 0 Å². The topological polar surface area (TPSA) is 12.0 Å². The van der Waals surface area contributed by atoms with E-state index < -0.39 is 17.5 Å². The fraction of sp³-hybridized carbons (Fsp3) is 0.200. The average Bonchev–Trinajstić information content (AvgIpc) is 2.35. The zero-order chi connectivity index (χ0) is 14.2. The van der Waals surface area contributed by atoms with Crippen LogP contribution in [0.2, 0.25) is 0 Å². The predicted octanol–water partition coefficient (Wildman–Crippen LogP) is 4.43. The first-order chi connectivity index (χ1) is 8.95. The summed E-state index contributed by atoms with van der Waals surface area (Å²) < 4.78 is 41.4. The number of nitrogens with one attached hydrogen (secondary N) is 1. The highest BCUT2D eigenvalue weighted by molar-refractivity contribution is 5.73. The molecule has 19 heavy (non-hydrogen) atoms. The van der Waals surface area contributed by atoms with Crippen LogP contribution in [0.1, 0.15) is 11.1 Å². The van der Waals surface area contributed by atoms with Crippen LogP contribution >= 0.6 is 0 Å². The van der Waals surface area contributed by atoms with E-state index in [2.05, 4.69) is 5.32 Å². The van der Waals surface area contributed by atoms with E-state index >= 15 is 0 Å². The van der Waals surface area contributed by atoms with Crippen LogP contribution in [0.25, 0.3) is 11.1 Å². The van der Waals surface area contributed by atoms with E-state index in [1.54, 1.807) is 19.9 Å². The van der Waals surface area contributed by atoms with Gasteiger partial charge >= 0.3 is 0 Å². The highest BCUT2D eigenvalue weighted by Gasteiger charge is 2.16. The molecule has 0 saturated heterocycles. The lowest BCUT2D eigenvalue weighted by molar-refractivity contribution is 0.591. The maximum Gasteiger partial charge on any atom is 0.157 e. The number of benzene rings is 2. The maximum atomic E-state index is 14.2. The maximum absolute atomic E-state index is 14.2. The van der Waals surface area contributed by atoms with Crippen molar-refractivity contribution in [3.8, 4) is 11.1 Å². The summed E-state index contributed by atoms with van der Waals surface area (Å²) in [5.41, 5.74) is 1.45. The van der Waals surface area contributed by atoms with Gasteiger partial charge < -0.3 is 5.32 Å². The molecule has 4 heteroatoms. The summed E-state index contributed by atoms with van der Waals surface area (Å²) >= 11 is 0. The zero-order valence-electron chi connectivity index (χ0n) is 10.9. The predicted molar refractivity (Wildman–Crippen MR) is 70.8 cm³/mol. The molecule has 0 aromatic heterocycles. The second kappa shape index (κ2) is 4.96. The molecular formula is C15H14F3N. The van der Waals surface area contributed by atoms with E-state index in [0.717, 1.165) is 0 Å². The van der Waals surface area contributed by atoms with Gasteiger partial charge in [-0.2, -0.15) is 0 Å². The number of aryl methyl sites for hydroxylation is 1. The molecule has 0 bridgehead atoms. The molecule has 0 amide bonds. The van der Waals surface area contributed by atoms with Crippen molar-refractivity contribution in [1.29, 1.82) is 0 Å². The summed E-state index contributed by atoms with van der Waals surface area (Å²) in [5.74, 6) is -1.78. The first-order valence-corrected chi connectivity index (χ1v) is 5.88. The first kappa shape index (κ1) is 13.5. The normalized spacial score (nSPS) is 10.6. The molecule has 100 valence electrons. The van der Waals surface area contributed by atoms with Gasteiger partial charge in [0.05, 0.1) is 0 Å². The Hall–Kier alpha value is -1.97. The molecule has 0 unspecified atom stereocenters. The molecule has 0 aliphatic rings. The molecule has 0 atom stereocenters. The van der Waals surface area contributed by atoms with Crippen molar-refractivity contribution in [3.05, 3.63) is 52.8 Å². The largest absolute Gasteiger partial charge is 0.383 e. The van der Waals surface area contributed by atoms with E-state index in [4.69, 9.17) is 0 Å². The van der Waals surface area contributed by atoms with Crippen LogP contribution in [0.4, 0.5) is 18.9 Å². The van der Waals surface area contributed by atoms with Crippen LogP contribution < -0.4 is 5.32 Å². The van der Waals surface area contributed by atoms with E-state index in [0.29, 0.717) is 16.7 Å². The Morgan fingerprint density at radius 1 is 0.895 bits per heavy atom. The molecule has 0 radical (unpaired) electrons. The van der Waals surface area contributed by atoms with Gasteiger partial charge in [0.1, 0.15) is 17.3 Å². The van der Waals surface area contributed by atoms with E-state index in [9.17, 15) is 13.2 Å². The number of hydrogen-bond acceptors (Lipinski definition) is 1. The lowest BCUT2D eigenvalue weighted by Gasteiger charge is -2.13. The average molecular weight is 265 g/mol. The SMILES string of the molecule is CNc1c(F)ccc(-c2cc(C)cc(F)c2C)c1F. The van der Waals surface area contributed by atoms with Crippen LogP contribution in [0.5, 0.6) is 0 Å². The molecule has 0 aliphatic heterocycles. The summed E-state index contributed by atoms with van der Waals surface area (Å²) in [6, 6.07) is 5.57. The third kappa shape index (κ3) is 2.30. The van der Waals surface area contributed by atoms with Gasteiger partial charge in [-0.15, -0.1) is 0 Å².